The highest BCUT2D eigenvalue weighted by Gasteiger charge is 2.21. The predicted octanol–water partition coefficient (Wildman–Crippen LogP) is 3.77. The SMILES string of the molecule is COc1ccc(C(=O)Nc2nc(C)c(C(=O)NC3CCCCC3)s2)cc1. The molecule has 1 aliphatic carbocycles. The largest absolute Gasteiger partial charge is 0.497 e. The Morgan fingerprint density at radius 1 is 1.12 bits per heavy atom. The third-order valence-corrected chi connectivity index (χ3v) is 5.59. The maximum atomic E-state index is 12.5. The molecule has 1 aromatic carbocycles. The van der Waals surface area contributed by atoms with Gasteiger partial charge >= 0.3 is 0 Å². The number of hydrogen-bond donors (Lipinski definition) is 2. The molecule has 26 heavy (non-hydrogen) atoms. The average molecular weight is 373 g/mol. The number of carbonyl (C=O) groups is 2. The Balaban J connectivity index is 1.64. The molecule has 0 aliphatic heterocycles. The van der Waals surface area contributed by atoms with Gasteiger partial charge in [0.1, 0.15) is 10.6 Å². The van der Waals surface area contributed by atoms with Crippen molar-refractivity contribution in [2.24, 2.45) is 0 Å². The fourth-order valence-corrected chi connectivity index (χ4v) is 3.93. The molecule has 2 amide bonds. The van der Waals surface area contributed by atoms with Crippen LogP contribution in [0.4, 0.5) is 5.13 Å². The number of rotatable bonds is 5. The second-order valence-corrected chi connectivity index (χ2v) is 7.42. The van der Waals surface area contributed by atoms with Gasteiger partial charge in [-0.2, -0.15) is 0 Å². The number of ether oxygens (including phenoxy) is 1. The first kappa shape index (κ1) is 18.4. The normalized spacial score (nSPS) is 14.7. The van der Waals surface area contributed by atoms with E-state index in [1.54, 1.807) is 38.3 Å². The Kier molecular flexibility index (Phi) is 5.88. The second kappa shape index (κ2) is 8.31. The maximum absolute atomic E-state index is 12.5. The number of hydrogen-bond acceptors (Lipinski definition) is 5. The minimum Gasteiger partial charge on any atom is -0.497 e. The molecule has 1 saturated carbocycles. The molecular weight excluding hydrogens is 350 g/mol. The topological polar surface area (TPSA) is 80.3 Å². The second-order valence-electron chi connectivity index (χ2n) is 6.42. The fraction of sp³-hybridized carbons (Fsp3) is 0.421. The molecule has 1 fully saturated rings. The van der Waals surface area contributed by atoms with Crippen LogP contribution in [0, 0.1) is 6.92 Å². The summed E-state index contributed by atoms with van der Waals surface area (Å²) in [6, 6.07) is 7.07. The Hall–Kier alpha value is -2.41. The van der Waals surface area contributed by atoms with Gasteiger partial charge in [-0.3, -0.25) is 14.9 Å². The zero-order valence-electron chi connectivity index (χ0n) is 15.0. The number of aryl methyl sites for hydroxylation is 1. The van der Waals surface area contributed by atoms with Crippen molar-refractivity contribution in [3.8, 4) is 5.75 Å². The fourth-order valence-electron chi connectivity index (χ4n) is 3.07. The zero-order valence-corrected chi connectivity index (χ0v) is 15.8. The van der Waals surface area contributed by atoms with Gasteiger partial charge in [0.2, 0.25) is 0 Å². The van der Waals surface area contributed by atoms with Crippen LogP contribution in [-0.4, -0.2) is 29.9 Å². The van der Waals surface area contributed by atoms with E-state index in [0.717, 1.165) is 25.7 Å². The molecule has 0 atom stereocenters. The van der Waals surface area contributed by atoms with Crippen molar-refractivity contribution in [1.82, 2.24) is 10.3 Å². The lowest BCUT2D eigenvalue weighted by Gasteiger charge is -2.22. The van der Waals surface area contributed by atoms with Crippen LogP contribution in [0.1, 0.15) is 57.8 Å². The number of nitrogens with zero attached hydrogens (tertiary/aromatic N) is 1. The molecule has 0 saturated heterocycles. The lowest BCUT2D eigenvalue weighted by molar-refractivity contribution is 0.0930. The van der Waals surface area contributed by atoms with Crippen molar-refractivity contribution in [2.75, 3.05) is 12.4 Å². The van der Waals surface area contributed by atoms with Crippen molar-refractivity contribution >= 4 is 28.3 Å². The molecule has 3 rings (SSSR count). The van der Waals surface area contributed by atoms with Crippen LogP contribution in [0.5, 0.6) is 5.75 Å². The lowest BCUT2D eigenvalue weighted by Crippen LogP contribution is -2.36. The van der Waals surface area contributed by atoms with E-state index in [1.807, 2.05) is 0 Å². The molecule has 2 N–H and O–H groups in total. The van der Waals surface area contributed by atoms with E-state index in [2.05, 4.69) is 15.6 Å². The van der Waals surface area contributed by atoms with Crippen molar-refractivity contribution in [3.05, 3.63) is 40.4 Å². The summed E-state index contributed by atoms with van der Waals surface area (Å²) >= 11 is 1.21. The molecule has 0 unspecified atom stereocenters. The minimum absolute atomic E-state index is 0.100. The molecule has 2 aromatic rings. The van der Waals surface area contributed by atoms with Crippen LogP contribution in [0.25, 0.3) is 0 Å². The Bertz CT molecular complexity index is 780. The average Bonchev–Trinajstić information content (AvgIpc) is 3.03. The lowest BCUT2D eigenvalue weighted by atomic mass is 9.95. The van der Waals surface area contributed by atoms with Crippen molar-refractivity contribution < 1.29 is 14.3 Å². The quantitative estimate of drug-likeness (QED) is 0.836. The van der Waals surface area contributed by atoms with E-state index < -0.39 is 0 Å². The number of nitrogens with one attached hydrogen (secondary N) is 2. The Morgan fingerprint density at radius 3 is 2.46 bits per heavy atom. The van der Waals surface area contributed by atoms with Crippen LogP contribution in [-0.2, 0) is 0 Å². The third kappa shape index (κ3) is 4.40. The zero-order chi connectivity index (χ0) is 18.5. The van der Waals surface area contributed by atoms with Crippen molar-refractivity contribution in [3.63, 3.8) is 0 Å². The summed E-state index contributed by atoms with van der Waals surface area (Å²) in [4.78, 5) is 29.7. The van der Waals surface area contributed by atoms with Crippen LogP contribution >= 0.6 is 11.3 Å². The summed E-state index contributed by atoms with van der Waals surface area (Å²) < 4.78 is 5.09. The molecular formula is C19H23N3O3S. The molecule has 0 bridgehead atoms. The molecule has 0 spiro atoms. The van der Waals surface area contributed by atoms with E-state index in [4.69, 9.17) is 4.74 Å². The van der Waals surface area contributed by atoms with E-state index in [1.165, 1.54) is 17.8 Å². The Morgan fingerprint density at radius 2 is 1.81 bits per heavy atom. The van der Waals surface area contributed by atoms with Gasteiger partial charge in [-0.15, -0.1) is 0 Å². The molecule has 6 nitrogen and oxygen atoms in total. The predicted molar refractivity (Wildman–Crippen MR) is 102 cm³/mol. The molecule has 1 heterocycles. The Labute approximate surface area is 157 Å². The van der Waals surface area contributed by atoms with Gasteiger partial charge in [0.25, 0.3) is 11.8 Å². The number of amides is 2. The van der Waals surface area contributed by atoms with Crippen molar-refractivity contribution in [1.29, 1.82) is 0 Å². The van der Waals surface area contributed by atoms with E-state index in [9.17, 15) is 9.59 Å². The molecule has 0 radical (unpaired) electrons. The van der Waals surface area contributed by atoms with Crippen molar-refractivity contribution in [2.45, 2.75) is 45.1 Å². The van der Waals surface area contributed by atoms with Crippen LogP contribution in [0.3, 0.4) is 0 Å². The summed E-state index contributed by atoms with van der Waals surface area (Å²) in [6.07, 6.45) is 5.63. The number of aromatic nitrogens is 1. The summed E-state index contributed by atoms with van der Waals surface area (Å²) in [5.41, 5.74) is 1.14. The van der Waals surface area contributed by atoms with Gasteiger partial charge in [-0.05, 0) is 44.0 Å². The number of anilines is 1. The summed E-state index contributed by atoms with van der Waals surface area (Å²) in [6.45, 7) is 1.79. The molecule has 138 valence electrons. The number of benzene rings is 1. The van der Waals surface area contributed by atoms with Crippen LogP contribution < -0.4 is 15.4 Å². The number of methoxy groups -OCH3 is 1. The summed E-state index contributed by atoms with van der Waals surface area (Å²) in [5.74, 6) is 0.325. The van der Waals surface area contributed by atoms with Crippen LogP contribution in [0.15, 0.2) is 24.3 Å². The van der Waals surface area contributed by atoms with Gasteiger partial charge < -0.3 is 10.1 Å². The molecule has 1 aromatic heterocycles. The van der Waals surface area contributed by atoms with E-state index in [0.29, 0.717) is 27.0 Å². The first-order chi connectivity index (χ1) is 12.6. The van der Waals surface area contributed by atoms with E-state index in [-0.39, 0.29) is 17.9 Å². The van der Waals surface area contributed by atoms with Gasteiger partial charge in [0.05, 0.1) is 12.8 Å². The highest BCUT2D eigenvalue weighted by molar-refractivity contribution is 7.17. The first-order valence-corrected chi connectivity index (χ1v) is 9.62. The van der Waals surface area contributed by atoms with Gasteiger partial charge in [-0.25, -0.2) is 4.98 Å². The summed E-state index contributed by atoms with van der Waals surface area (Å²) in [7, 11) is 1.58. The highest BCUT2D eigenvalue weighted by atomic mass is 32.1. The number of thiazole rings is 1. The van der Waals surface area contributed by atoms with Gasteiger partial charge in [0, 0.05) is 11.6 Å². The van der Waals surface area contributed by atoms with Gasteiger partial charge in [-0.1, -0.05) is 30.6 Å². The standard InChI is InChI=1S/C19H23N3O3S/c1-12-16(18(24)21-14-6-4-3-5-7-14)26-19(20-12)22-17(23)13-8-10-15(25-2)11-9-13/h8-11,14H,3-7H2,1-2H3,(H,21,24)(H,20,22,23). The smallest absolute Gasteiger partial charge is 0.263 e. The highest BCUT2D eigenvalue weighted by Crippen LogP contribution is 2.25. The minimum atomic E-state index is -0.263. The number of carbonyl (C=O) groups excluding carboxylic acids is 2. The summed E-state index contributed by atoms with van der Waals surface area (Å²) in [5, 5.41) is 6.28. The van der Waals surface area contributed by atoms with Gasteiger partial charge in [0.15, 0.2) is 5.13 Å². The third-order valence-electron chi connectivity index (χ3n) is 4.52. The maximum Gasteiger partial charge on any atom is 0.263 e. The monoisotopic (exact) mass is 373 g/mol. The van der Waals surface area contributed by atoms with Crippen LogP contribution in [0.2, 0.25) is 0 Å². The molecule has 7 heteroatoms. The first-order valence-electron chi connectivity index (χ1n) is 8.80. The molecule has 1 aliphatic rings. The van der Waals surface area contributed by atoms with E-state index >= 15 is 0 Å².